The van der Waals surface area contributed by atoms with Gasteiger partial charge in [-0.15, -0.1) is 0 Å². The largest absolute Gasteiger partial charge is 0.353 e. The molecule has 1 atom stereocenters. The molecule has 1 saturated carbocycles. The summed E-state index contributed by atoms with van der Waals surface area (Å²) >= 11 is 0. The van der Waals surface area contributed by atoms with Gasteiger partial charge < -0.3 is 5.32 Å². The fourth-order valence-corrected chi connectivity index (χ4v) is 2.68. The number of hydrogen-bond acceptors (Lipinski definition) is 4. The van der Waals surface area contributed by atoms with Gasteiger partial charge in [-0.2, -0.15) is 5.26 Å². The van der Waals surface area contributed by atoms with Gasteiger partial charge in [0.25, 0.3) is 0 Å². The van der Waals surface area contributed by atoms with Crippen LogP contribution >= 0.6 is 0 Å². The van der Waals surface area contributed by atoms with Crippen molar-refractivity contribution >= 4 is 15.9 Å². The van der Waals surface area contributed by atoms with E-state index in [-0.39, 0.29) is 18.9 Å². The van der Waals surface area contributed by atoms with E-state index in [0.29, 0.717) is 18.9 Å². The van der Waals surface area contributed by atoms with Crippen molar-refractivity contribution in [1.82, 2.24) is 10.0 Å². The second kappa shape index (κ2) is 6.71. The van der Waals surface area contributed by atoms with Crippen LogP contribution in [0.5, 0.6) is 0 Å². The topological polar surface area (TPSA) is 99.1 Å². The van der Waals surface area contributed by atoms with Crippen LogP contribution in [-0.4, -0.2) is 32.2 Å². The molecule has 0 radical (unpaired) electrons. The van der Waals surface area contributed by atoms with E-state index in [1.165, 1.54) is 0 Å². The maximum Gasteiger partial charge on any atom is 0.227 e. The first-order chi connectivity index (χ1) is 8.49. The number of nitrogens with zero attached hydrogens (tertiary/aromatic N) is 1. The van der Waals surface area contributed by atoms with Gasteiger partial charge in [0, 0.05) is 19.0 Å². The van der Waals surface area contributed by atoms with Gasteiger partial charge in [-0.05, 0) is 25.7 Å². The average molecular weight is 273 g/mol. The maximum absolute atomic E-state index is 11.6. The number of hydrogen-bond donors (Lipinski definition) is 2. The lowest BCUT2D eigenvalue weighted by molar-refractivity contribution is -0.121. The van der Waals surface area contributed by atoms with Crippen LogP contribution in [-0.2, 0) is 14.8 Å². The van der Waals surface area contributed by atoms with Crippen LogP contribution in [0.3, 0.4) is 0 Å². The molecule has 0 aromatic carbocycles. The maximum atomic E-state index is 11.6. The molecule has 0 aromatic heterocycles. The van der Waals surface area contributed by atoms with E-state index in [9.17, 15) is 13.2 Å². The Morgan fingerprint density at radius 1 is 1.50 bits per heavy atom. The van der Waals surface area contributed by atoms with E-state index in [1.807, 2.05) is 0 Å². The van der Waals surface area contributed by atoms with E-state index in [4.69, 9.17) is 5.26 Å². The normalized spacial score (nSPS) is 16.9. The molecule has 1 amide bonds. The Hall–Kier alpha value is -1.13. The quantitative estimate of drug-likeness (QED) is 0.620. The minimum Gasteiger partial charge on any atom is -0.353 e. The van der Waals surface area contributed by atoms with Crippen molar-refractivity contribution in [2.45, 2.75) is 50.3 Å². The van der Waals surface area contributed by atoms with Crippen molar-refractivity contribution in [2.24, 2.45) is 0 Å². The number of carbonyl (C=O) groups is 1. The molecule has 1 aliphatic carbocycles. The molecule has 0 aliphatic heterocycles. The van der Waals surface area contributed by atoms with Crippen molar-refractivity contribution in [2.75, 3.05) is 6.54 Å². The summed E-state index contributed by atoms with van der Waals surface area (Å²) in [6.45, 7) is 1.84. The van der Waals surface area contributed by atoms with Gasteiger partial charge in [0.1, 0.15) is 0 Å². The van der Waals surface area contributed by atoms with Gasteiger partial charge in [0.05, 0.1) is 6.07 Å². The third kappa shape index (κ3) is 5.02. The molecule has 0 aromatic rings. The molecule has 18 heavy (non-hydrogen) atoms. The van der Waals surface area contributed by atoms with Gasteiger partial charge in [-0.25, -0.2) is 13.1 Å². The number of amides is 1. The number of carbonyl (C=O) groups excluding carboxylic acids is 1. The molecule has 2 N–H and O–H groups in total. The summed E-state index contributed by atoms with van der Waals surface area (Å²) < 4.78 is 25.5. The monoisotopic (exact) mass is 273 g/mol. The summed E-state index contributed by atoms with van der Waals surface area (Å²) in [6.07, 6.45) is 3.09. The van der Waals surface area contributed by atoms with Crippen molar-refractivity contribution in [3.8, 4) is 6.07 Å². The molecule has 0 spiro atoms. The van der Waals surface area contributed by atoms with Crippen LogP contribution in [0.25, 0.3) is 0 Å². The van der Waals surface area contributed by atoms with Crippen LogP contribution in [0, 0.1) is 11.3 Å². The van der Waals surface area contributed by atoms with Crippen molar-refractivity contribution in [3.05, 3.63) is 0 Å². The predicted molar refractivity (Wildman–Crippen MR) is 67.0 cm³/mol. The number of sulfonamides is 1. The fourth-order valence-electron chi connectivity index (χ4n) is 1.47. The van der Waals surface area contributed by atoms with Crippen LogP contribution in [0.2, 0.25) is 0 Å². The highest BCUT2D eigenvalue weighted by atomic mass is 32.2. The lowest BCUT2D eigenvalue weighted by atomic mass is 10.3. The first-order valence-electron chi connectivity index (χ1n) is 6.17. The Morgan fingerprint density at radius 2 is 2.17 bits per heavy atom. The SMILES string of the molecule is CCC(C#N)S(=O)(=O)NCCCC(=O)NC1CC1. The molecule has 6 nitrogen and oxygen atoms in total. The minimum atomic E-state index is -3.57. The Kier molecular flexibility index (Phi) is 5.56. The van der Waals surface area contributed by atoms with Crippen LogP contribution in [0.15, 0.2) is 0 Å². The van der Waals surface area contributed by atoms with Gasteiger partial charge in [0.15, 0.2) is 5.25 Å². The molecule has 1 unspecified atom stereocenters. The van der Waals surface area contributed by atoms with E-state index in [2.05, 4.69) is 10.0 Å². The summed E-state index contributed by atoms with van der Waals surface area (Å²) in [6, 6.07) is 2.08. The summed E-state index contributed by atoms with van der Waals surface area (Å²) in [7, 11) is -3.57. The molecular formula is C11H19N3O3S. The molecular weight excluding hydrogens is 254 g/mol. The first-order valence-corrected chi connectivity index (χ1v) is 7.71. The Balaban J connectivity index is 2.20. The summed E-state index contributed by atoms with van der Waals surface area (Å²) in [5.41, 5.74) is 0. The fraction of sp³-hybridized carbons (Fsp3) is 0.818. The Labute approximate surface area is 108 Å². The average Bonchev–Trinajstić information content (AvgIpc) is 3.09. The van der Waals surface area contributed by atoms with E-state index in [1.54, 1.807) is 13.0 Å². The highest BCUT2D eigenvalue weighted by Gasteiger charge is 2.24. The lowest BCUT2D eigenvalue weighted by Gasteiger charge is -2.09. The standard InChI is InChI=1S/C11H19N3O3S/c1-2-10(8-12)18(16,17)13-7-3-4-11(15)14-9-5-6-9/h9-10,13H,2-7H2,1H3,(H,14,15). The zero-order chi connectivity index (χ0) is 13.6. The smallest absolute Gasteiger partial charge is 0.227 e. The minimum absolute atomic E-state index is 0.0379. The number of nitrogens with one attached hydrogen (secondary N) is 2. The number of rotatable bonds is 8. The lowest BCUT2D eigenvalue weighted by Crippen LogP contribution is -2.34. The third-order valence-electron chi connectivity index (χ3n) is 2.72. The van der Waals surface area contributed by atoms with Gasteiger partial charge in [-0.1, -0.05) is 6.92 Å². The van der Waals surface area contributed by atoms with Gasteiger partial charge in [0.2, 0.25) is 15.9 Å². The Bertz CT molecular complexity index is 423. The molecule has 102 valence electrons. The summed E-state index contributed by atoms with van der Waals surface area (Å²) in [4.78, 5) is 11.3. The van der Waals surface area contributed by atoms with Crippen LogP contribution < -0.4 is 10.0 Å². The van der Waals surface area contributed by atoms with E-state index in [0.717, 1.165) is 12.8 Å². The van der Waals surface area contributed by atoms with Crippen LogP contribution in [0.1, 0.15) is 39.0 Å². The summed E-state index contributed by atoms with van der Waals surface area (Å²) in [5.74, 6) is -0.0379. The Morgan fingerprint density at radius 3 is 2.67 bits per heavy atom. The molecule has 0 saturated heterocycles. The third-order valence-corrected chi connectivity index (χ3v) is 4.51. The highest BCUT2D eigenvalue weighted by molar-refractivity contribution is 7.90. The zero-order valence-corrected chi connectivity index (χ0v) is 11.3. The summed E-state index contributed by atoms with van der Waals surface area (Å²) in [5, 5.41) is 10.5. The first kappa shape index (κ1) is 14.9. The molecule has 1 fully saturated rings. The van der Waals surface area contributed by atoms with E-state index < -0.39 is 15.3 Å². The predicted octanol–water partition coefficient (Wildman–Crippen LogP) is 0.267. The molecule has 0 heterocycles. The number of nitriles is 1. The highest BCUT2D eigenvalue weighted by Crippen LogP contribution is 2.18. The molecule has 0 bridgehead atoms. The van der Waals surface area contributed by atoms with E-state index >= 15 is 0 Å². The zero-order valence-electron chi connectivity index (χ0n) is 10.5. The van der Waals surface area contributed by atoms with Crippen LogP contribution in [0.4, 0.5) is 0 Å². The van der Waals surface area contributed by atoms with Crippen molar-refractivity contribution in [1.29, 1.82) is 5.26 Å². The molecule has 7 heteroatoms. The molecule has 1 aliphatic rings. The second-order valence-corrected chi connectivity index (χ2v) is 6.36. The molecule has 1 rings (SSSR count). The van der Waals surface area contributed by atoms with Gasteiger partial charge in [-0.3, -0.25) is 4.79 Å². The van der Waals surface area contributed by atoms with Gasteiger partial charge >= 0.3 is 0 Å². The second-order valence-electron chi connectivity index (χ2n) is 4.41. The van der Waals surface area contributed by atoms with Crippen molar-refractivity contribution < 1.29 is 13.2 Å². The van der Waals surface area contributed by atoms with Crippen molar-refractivity contribution in [3.63, 3.8) is 0 Å².